The lowest BCUT2D eigenvalue weighted by Gasteiger charge is -2.15. The van der Waals surface area contributed by atoms with Crippen LogP contribution in [-0.4, -0.2) is 21.0 Å². The predicted molar refractivity (Wildman–Crippen MR) is 62.6 cm³/mol. The largest absolute Gasteiger partial charge is 0.481 e. The van der Waals surface area contributed by atoms with Crippen LogP contribution in [0.15, 0.2) is 23.7 Å². The summed E-state index contributed by atoms with van der Waals surface area (Å²) in [5.74, 6) is -0.414. The molecule has 0 unspecified atom stereocenters. The average Bonchev–Trinajstić information content (AvgIpc) is 2.88. The first-order chi connectivity index (χ1) is 7.51. The number of aromatic amines is 1. The second-order valence-corrected chi connectivity index (χ2v) is 5.00. The molecule has 2 rings (SSSR count). The number of H-pyrrole nitrogens is 1. The molecule has 5 heteroatoms. The van der Waals surface area contributed by atoms with E-state index in [4.69, 9.17) is 5.11 Å². The lowest BCUT2D eigenvalue weighted by Crippen LogP contribution is -2.29. The molecule has 0 fully saturated rings. The molecular formula is C11H12N2O2S. The summed E-state index contributed by atoms with van der Waals surface area (Å²) in [5.41, 5.74) is -0.130. The van der Waals surface area contributed by atoms with Gasteiger partial charge in [-0.1, -0.05) is 6.07 Å². The fourth-order valence-electron chi connectivity index (χ4n) is 1.30. The standard InChI is InChI=1S/C11H12N2O2S/c1-11(2,10(14)15)9-12-6-7(13-9)8-4-3-5-16-8/h3-6H,1-2H3,(H,12,13)(H,14,15). The molecule has 2 heterocycles. The van der Waals surface area contributed by atoms with E-state index >= 15 is 0 Å². The summed E-state index contributed by atoms with van der Waals surface area (Å²) in [5, 5.41) is 11.0. The zero-order valence-electron chi connectivity index (χ0n) is 9.02. The molecule has 0 bridgehead atoms. The minimum atomic E-state index is -0.991. The first kappa shape index (κ1) is 10.9. The van der Waals surface area contributed by atoms with Crippen LogP contribution >= 0.6 is 11.3 Å². The van der Waals surface area contributed by atoms with Gasteiger partial charge >= 0.3 is 5.97 Å². The highest BCUT2D eigenvalue weighted by molar-refractivity contribution is 7.13. The number of hydrogen-bond acceptors (Lipinski definition) is 3. The Morgan fingerprint density at radius 3 is 2.88 bits per heavy atom. The van der Waals surface area contributed by atoms with E-state index in [1.54, 1.807) is 31.4 Å². The molecule has 0 aliphatic rings. The molecule has 0 saturated carbocycles. The number of hydrogen-bond donors (Lipinski definition) is 2. The molecule has 0 aliphatic carbocycles. The van der Waals surface area contributed by atoms with Gasteiger partial charge in [-0.25, -0.2) is 4.98 Å². The van der Waals surface area contributed by atoms with Gasteiger partial charge in [0.2, 0.25) is 0 Å². The van der Waals surface area contributed by atoms with Crippen molar-refractivity contribution >= 4 is 17.3 Å². The minimum Gasteiger partial charge on any atom is -0.481 e. The smallest absolute Gasteiger partial charge is 0.316 e. The Kier molecular flexibility index (Phi) is 2.55. The lowest BCUT2D eigenvalue weighted by molar-refractivity contribution is -0.142. The molecule has 0 atom stereocenters. The molecular weight excluding hydrogens is 224 g/mol. The number of thiophene rings is 1. The van der Waals surface area contributed by atoms with Crippen LogP contribution in [-0.2, 0) is 10.2 Å². The molecule has 2 N–H and O–H groups in total. The summed E-state index contributed by atoms with van der Waals surface area (Å²) in [6.45, 7) is 3.26. The first-order valence-corrected chi connectivity index (χ1v) is 5.72. The Labute approximate surface area is 97.0 Å². The number of nitrogens with one attached hydrogen (secondary N) is 1. The Hall–Kier alpha value is -1.62. The maximum atomic E-state index is 11.1. The third-order valence-corrected chi connectivity index (χ3v) is 3.39. The van der Waals surface area contributed by atoms with E-state index in [1.165, 1.54) is 0 Å². The van der Waals surface area contributed by atoms with Gasteiger partial charge in [-0.3, -0.25) is 4.79 Å². The molecule has 0 aliphatic heterocycles. The van der Waals surface area contributed by atoms with Crippen molar-refractivity contribution in [2.75, 3.05) is 0 Å². The van der Waals surface area contributed by atoms with Gasteiger partial charge in [-0.15, -0.1) is 11.3 Å². The van der Waals surface area contributed by atoms with Gasteiger partial charge in [-0.2, -0.15) is 0 Å². The molecule has 0 aromatic carbocycles. The van der Waals surface area contributed by atoms with Gasteiger partial charge in [0, 0.05) is 0 Å². The van der Waals surface area contributed by atoms with Crippen LogP contribution in [0.3, 0.4) is 0 Å². The summed E-state index contributed by atoms with van der Waals surface area (Å²) in [4.78, 5) is 19.3. The summed E-state index contributed by atoms with van der Waals surface area (Å²) in [7, 11) is 0. The molecule has 84 valence electrons. The van der Waals surface area contributed by atoms with Crippen molar-refractivity contribution in [2.45, 2.75) is 19.3 Å². The zero-order chi connectivity index (χ0) is 11.8. The minimum absolute atomic E-state index is 0.475. The van der Waals surface area contributed by atoms with E-state index in [0.29, 0.717) is 5.82 Å². The number of nitrogens with zero attached hydrogens (tertiary/aromatic N) is 1. The van der Waals surface area contributed by atoms with E-state index in [0.717, 1.165) is 10.6 Å². The lowest BCUT2D eigenvalue weighted by atomic mass is 9.93. The van der Waals surface area contributed by atoms with Gasteiger partial charge < -0.3 is 10.1 Å². The fraction of sp³-hybridized carbons (Fsp3) is 0.273. The molecule has 2 aromatic heterocycles. The number of carboxylic acid groups (broad SMARTS) is 1. The van der Waals surface area contributed by atoms with E-state index in [2.05, 4.69) is 9.97 Å². The third kappa shape index (κ3) is 1.74. The van der Waals surface area contributed by atoms with Crippen molar-refractivity contribution in [1.82, 2.24) is 9.97 Å². The number of aromatic nitrogens is 2. The maximum absolute atomic E-state index is 11.1. The van der Waals surface area contributed by atoms with E-state index in [1.807, 2.05) is 17.5 Å². The van der Waals surface area contributed by atoms with Crippen molar-refractivity contribution in [2.24, 2.45) is 0 Å². The van der Waals surface area contributed by atoms with Gasteiger partial charge in [0.25, 0.3) is 0 Å². The summed E-state index contributed by atoms with van der Waals surface area (Å²) < 4.78 is 0. The Morgan fingerprint density at radius 2 is 2.31 bits per heavy atom. The van der Waals surface area contributed by atoms with Crippen LogP contribution in [0.5, 0.6) is 0 Å². The van der Waals surface area contributed by atoms with Crippen LogP contribution in [0.2, 0.25) is 0 Å². The SMILES string of the molecule is CC(C)(C(=O)O)c1ncc(-c2cccs2)[nH]1. The van der Waals surface area contributed by atoms with Crippen LogP contribution < -0.4 is 0 Å². The van der Waals surface area contributed by atoms with E-state index in [-0.39, 0.29) is 0 Å². The number of rotatable bonds is 3. The number of aliphatic carboxylic acids is 1. The van der Waals surface area contributed by atoms with Crippen LogP contribution in [0.25, 0.3) is 10.6 Å². The van der Waals surface area contributed by atoms with Crippen molar-refractivity contribution in [1.29, 1.82) is 0 Å². The molecule has 4 nitrogen and oxygen atoms in total. The summed E-state index contributed by atoms with van der Waals surface area (Å²) in [6, 6.07) is 3.92. The number of imidazole rings is 1. The Morgan fingerprint density at radius 1 is 1.56 bits per heavy atom. The van der Waals surface area contributed by atoms with Crippen LogP contribution in [0.1, 0.15) is 19.7 Å². The monoisotopic (exact) mass is 236 g/mol. The van der Waals surface area contributed by atoms with Crippen molar-refractivity contribution in [3.8, 4) is 10.6 Å². The quantitative estimate of drug-likeness (QED) is 0.860. The summed E-state index contributed by atoms with van der Waals surface area (Å²) in [6.07, 6.45) is 1.67. The predicted octanol–water partition coefficient (Wildman–Crippen LogP) is 2.50. The van der Waals surface area contributed by atoms with Gasteiger partial charge in [0.15, 0.2) is 0 Å². The van der Waals surface area contributed by atoms with Gasteiger partial charge in [0.1, 0.15) is 11.2 Å². The zero-order valence-corrected chi connectivity index (χ0v) is 9.84. The first-order valence-electron chi connectivity index (χ1n) is 4.84. The molecule has 16 heavy (non-hydrogen) atoms. The van der Waals surface area contributed by atoms with Crippen molar-refractivity contribution < 1.29 is 9.90 Å². The highest BCUT2D eigenvalue weighted by Crippen LogP contribution is 2.26. The van der Waals surface area contributed by atoms with Gasteiger partial charge in [-0.05, 0) is 25.3 Å². The Bertz CT molecular complexity index is 500. The molecule has 0 spiro atoms. The van der Waals surface area contributed by atoms with E-state index in [9.17, 15) is 4.79 Å². The third-order valence-electron chi connectivity index (χ3n) is 2.49. The number of carboxylic acids is 1. The van der Waals surface area contributed by atoms with Crippen LogP contribution in [0, 0.1) is 0 Å². The van der Waals surface area contributed by atoms with Crippen molar-refractivity contribution in [3.63, 3.8) is 0 Å². The average molecular weight is 236 g/mol. The van der Waals surface area contributed by atoms with Gasteiger partial charge in [0.05, 0.1) is 16.8 Å². The highest BCUT2D eigenvalue weighted by Gasteiger charge is 2.32. The Balaban J connectivity index is 2.37. The van der Waals surface area contributed by atoms with Crippen molar-refractivity contribution in [3.05, 3.63) is 29.5 Å². The maximum Gasteiger partial charge on any atom is 0.316 e. The molecule has 2 aromatic rings. The second-order valence-electron chi connectivity index (χ2n) is 4.05. The number of carbonyl (C=O) groups is 1. The highest BCUT2D eigenvalue weighted by atomic mass is 32.1. The topological polar surface area (TPSA) is 66.0 Å². The normalized spacial score (nSPS) is 11.6. The van der Waals surface area contributed by atoms with E-state index < -0.39 is 11.4 Å². The molecule has 0 amide bonds. The molecule has 0 radical (unpaired) electrons. The van der Waals surface area contributed by atoms with Crippen LogP contribution in [0.4, 0.5) is 0 Å². The summed E-state index contributed by atoms with van der Waals surface area (Å²) >= 11 is 1.59. The fourth-order valence-corrected chi connectivity index (χ4v) is 1.99. The second kappa shape index (κ2) is 3.75. The molecule has 0 saturated heterocycles.